The molecule has 17 heteroatoms. The van der Waals surface area contributed by atoms with Gasteiger partial charge in [0.2, 0.25) is 0 Å². The van der Waals surface area contributed by atoms with Crippen molar-refractivity contribution in [1.82, 2.24) is 0 Å². The molecule has 0 amide bonds. The summed E-state index contributed by atoms with van der Waals surface area (Å²) in [4.78, 5) is 0. The van der Waals surface area contributed by atoms with Crippen molar-refractivity contribution in [3.63, 3.8) is 0 Å². The number of hydrogen-bond acceptors (Lipinski definition) is 0. The summed E-state index contributed by atoms with van der Waals surface area (Å²) in [6, 6.07) is 0. The van der Waals surface area contributed by atoms with Gasteiger partial charge in [0.25, 0.3) is 0 Å². The molecule has 0 aliphatic rings. The first kappa shape index (κ1) is 540. The van der Waals surface area contributed by atoms with Crippen LogP contribution in [0.1, 0.15) is 0 Å². The first-order valence-corrected chi connectivity index (χ1v) is 0. The van der Waals surface area contributed by atoms with Crippen LogP contribution in [0.5, 0.6) is 0 Å². The second kappa shape index (κ2) is 463. The van der Waals surface area contributed by atoms with Gasteiger partial charge in [-0.25, -0.2) is 0 Å². The zero-order valence-corrected chi connectivity index (χ0v) is 26.3. The van der Waals surface area contributed by atoms with Gasteiger partial charge >= 0.3 is 133 Å². The Labute approximate surface area is 190 Å². The van der Waals surface area contributed by atoms with Crippen LogP contribution in [-0.2, 0) is 141 Å². The van der Waals surface area contributed by atoms with Crippen molar-refractivity contribution >= 4 is 51.7 Å². The van der Waals surface area contributed by atoms with Gasteiger partial charge in [0.1, 0.15) is 0 Å². The smallest absolute Gasteiger partial charge is 2.00 e. The Morgan fingerprint density at radius 1 is 0.235 bits per heavy atom. The molecule has 0 unspecified atom stereocenters. The van der Waals surface area contributed by atoms with E-state index in [0.717, 1.165) is 0 Å². The van der Waals surface area contributed by atoms with Crippen LogP contribution < -0.4 is 0 Å². The molecule has 0 heterocycles. The average molecular weight is 904 g/mol. The molecule has 0 rings (SSSR count). The summed E-state index contributed by atoms with van der Waals surface area (Å²) in [5.41, 5.74) is 0. The molecule has 0 aliphatic heterocycles. The van der Waals surface area contributed by atoms with Gasteiger partial charge in [0.15, 0.2) is 0 Å². The van der Waals surface area contributed by atoms with Crippen LogP contribution in [0.3, 0.4) is 0 Å². The van der Waals surface area contributed by atoms with Crippen molar-refractivity contribution in [3.8, 4) is 0 Å². The summed E-state index contributed by atoms with van der Waals surface area (Å²) < 4.78 is 0. The summed E-state index contributed by atoms with van der Waals surface area (Å²) >= 11 is 0. The summed E-state index contributed by atoms with van der Waals surface area (Å²) in [6.07, 6.45) is 0. The van der Waals surface area contributed by atoms with Crippen molar-refractivity contribution in [2.24, 2.45) is 0 Å². The molecule has 0 aromatic rings. The third-order valence-electron chi connectivity index (χ3n) is 0. The standard InChI is InChI=1S/2In.11O.2W.2Zn/q2*+3;11*-2;2*+6;2*+2. The Bertz CT molecular complexity index is 25.4. The van der Waals surface area contributed by atoms with E-state index in [1.54, 1.807) is 0 Å². The molecule has 11 nitrogen and oxygen atoms in total. The van der Waals surface area contributed by atoms with Gasteiger partial charge in [0, 0.05) is 0 Å². The molecule has 0 aliphatic carbocycles. The van der Waals surface area contributed by atoms with Crippen molar-refractivity contribution in [2.45, 2.75) is 0 Å². The topological polar surface area (TPSA) is 314 Å². The molecule has 0 fully saturated rings. The van der Waals surface area contributed by atoms with Crippen LogP contribution in [-0.4, -0.2) is 51.7 Å². The van der Waals surface area contributed by atoms with E-state index >= 15 is 0 Å². The maximum absolute atomic E-state index is 0. The second-order valence-corrected chi connectivity index (χ2v) is 0. The van der Waals surface area contributed by atoms with Crippen LogP contribution in [0.25, 0.3) is 0 Å². The van der Waals surface area contributed by atoms with Crippen LogP contribution in [0.4, 0.5) is 0 Å². The third kappa shape index (κ3) is 416. The fraction of sp³-hybridized carbons (Fsp3) is 0. The molecule has 0 saturated heterocycles. The third-order valence-corrected chi connectivity index (χ3v) is 0. The van der Waals surface area contributed by atoms with E-state index in [1.807, 2.05) is 0 Å². The molecule has 0 saturated carbocycles. The van der Waals surface area contributed by atoms with E-state index in [0.29, 0.717) is 0 Å². The molecule has 0 spiro atoms. The Morgan fingerprint density at radius 2 is 0.235 bits per heavy atom. The fourth-order valence-electron chi connectivity index (χ4n) is 0. The predicted octanol–water partition coefficient (Wildman–Crippen LogP) is -2.08. The summed E-state index contributed by atoms with van der Waals surface area (Å²) in [5, 5.41) is 0. The Morgan fingerprint density at radius 3 is 0.235 bits per heavy atom. The van der Waals surface area contributed by atoms with Crippen LogP contribution in [0.15, 0.2) is 0 Å². The first-order chi connectivity index (χ1) is 0. The molecule has 0 N–H and O–H groups in total. The summed E-state index contributed by atoms with van der Waals surface area (Å²) in [7, 11) is 0. The van der Waals surface area contributed by atoms with Crippen LogP contribution >= 0.6 is 0 Å². The van der Waals surface area contributed by atoms with Crippen molar-refractivity contribution in [2.75, 3.05) is 0 Å². The maximum atomic E-state index is 0. The number of rotatable bonds is 0. The van der Waals surface area contributed by atoms with Gasteiger partial charge in [-0.3, -0.25) is 0 Å². The van der Waals surface area contributed by atoms with Crippen molar-refractivity contribution in [3.05, 3.63) is 0 Å². The monoisotopic (exact) mass is 902 g/mol. The van der Waals surface area contributed by atoms with E-state index < -0.39 is 0 Å². The predicted molar refractivity (Wildman–Crippen MR) is 19.1 cm³/mol. The molecular weight excluding hydrogens is 904 g/mol. The van der Waals surface area contributed by atoms with Gasteiger partial charge in [-0.1, -0.05) is 0 Å². The molecule has 17 heavy (non-hydrogen) atoms. The van der Waals surface area contributed by atoms with Crippen molar-refractivity contribution in [1.29, 1.82) is 0 Å². The van der Waals surface area contributed by atoms with Crippen molar-refractivity contribution < 1.29 is 141 Å². The minimum Gasteiger partial charge on any atom is -2.00 e. The largest absolute Gasteiger partial charge is 6.00 e. The molecular formula is In2O11W2Zn2. The van der Waals surface area contributed by atoms with Gasteiger partial charge in [-0.2, -0.15) is 0 Å². The molecule has 0 aromatic heterocycles. The SMILES string of the molecule is [In+3].[In+3].[O-2].[O-2].[O-2].[O-2].[O-2].[O-2].[O-2].[O-2].[O-2].[O-2].[O-2].[W+6].[W+6].[Zn+2].[Zn+2]. The maximum Gasteiger partial charge on any atom is 6.00 e. The van der Waals surface area contributed by atoms with E-state index in [-0.39, 0.29) is 193 Å². The summed E-state index contributed by atoms with van der Waals surface area (Å²) in [5.74, 6) is 0. The Kier molecular flexibility index (Phi) is 14700. The molecule has 0 aromatic carbocycles. The molecule has 0 atom stereocenters. The molecule has 88 valence electrons. The van der Waals surface area contributed by atoms with E-state index in [1.165, 1.54) is 0 Å². The van der Waals surface area contributed by atoms with Gasteiger partial charge in [0.05, 0.1) is 0 Å². The molecule has 0 bridgehead atoms. The zero-order valence-electron chi connectivity index (χ0n) is 7.88. The summed E-state index contributed by atoms with van der Waals surface area (Å²) in [6.45, 7) is 0. The zero-order chi connectivity index (χ0) is 0. The van der Waals surface area contributed by atoms with Gasteiger partial charge in [-0.05, 0) is 0 Å². The number of hydrogen-bond donors (Lipinski definition) is 0. The fourth-order valence-corrected chi connectivity index (χ4v) is 0. The average Bonchev–Trinajstić information content (AvgIpc) is 0. The van der Waals surface area contributed by atoms with E-state index in [9.17, 15) is 0 Å². The minimum absolute atomic E-state index is 0. The van der Waals surface area contributed by atoms with Crippen LogP contribution in [0.2, 0.25) is 0 Å². The second-order valence-electron chi connectivity index (χ2n) is 0. The van der Waals surface area contributed by atoms with E-state index in [2.05, 4.69) is 0 Å². The normalized spacial score (nSPS) is 0. The molecule has 0 radical (unpaired) electrons. The van der Waals surface area contributed by atoms with Crippen LogP contribution in [0, 0.1) is 0 Å². The van der Waals surface area contributed by atoms with Gasteiger partial charge in [-0.15, -0.1) is 0 Å². The van der Waals surface area contributed by atoms with E-state index in [4.69, 9.17) is 0 Å². The first-order valence-electron chi connectivity index (χ1n) is 0. The van der Waals surface area contributed by atoms with Gasteiger partial charge < -0.3 is 60.2 Å². The minimum atomic E-state index is 0. The Hall–Kier alpha value is 3.92. The Balaban J connectivity index is 0. The quantitative estimate of drug-likeness (QED) is 0.237.